The summed E-state index contributed by atoms with van der Waals surface area (Å²) < 4.78 is 7.31. The molecular weight excluding hydrogens is 488 g/mol. The van der Waals surface area contributed by atoms with Gasteiger partial charge in [-0.2, -0.15) is 0 Å². The minimum atomic E-state index is -1.04. The summed E-state index contributed by atoms with van der Waals surface area (Å²) in [5, 5.41) is 18.5. The van der Waals surface area contributed by atoms with E-state index in [1.165, 1.54) is 0 Å². The van der Waals surface area contributed by atoms with E-state index in [4.69, 9.17) is 4.74 Å². The van der Waals surface area contributed by atoms with Crippen molar-refractivity contribution in [2.75, 3.05) is 20.3 Å². The number of aliphatic hydroxyl groups is 1. The van der Waals surface area contributed by atoms with Crippen LogP contribution in [0.25, 0.3) is 10.9 Å². The lowest BCUT2D eigenvalue weighted by atomic mass is 9.95. The summed E-state index contributed by atoms with van der Waals surface area (Å²) in [6.07, 6.45) is 0.963. The molecule has 4 N–H and O–H groups in total. The van der Waals surface area contributed by atoms with Crippen LogP contribution in [0.5, 0.6) is 5.75 Å². The van der Waals surface area contributed by atoms with Crippen LogP contribution in [0.4, 0.5) is 0 Å². The van der Waals surface area contributed by atoms with E-state index in [0.29, 0.717) is 37.4 Å². The fourth-order valence-electron chi connectivity index (χ4n) is 4.81. The molecule has 3 amide bonds. The van der Waals surface area contributed by atoms with Crippen LogP contribution in [-0.4, -0.2) is 65.5 Å². The van der Waals surface area contributed by atoms with E-state index in [2.05, 4.69) is 22.5 Å². The Hall–Kier alpha value is -3.66. The third-order valence-corrected chi connectivity index (χ3v) is 6.66. The molecule has 0 aliphatic carbocycles. The SMILES string of the molecule is C=C(C)Cn1c(C(=O)N[C@@H](CC(C)C)C(=O)N[C@H](C[C@H]2CCNC2=O)C(=O)CO)cc2c(OC)cccc21. The fraction of sp³-hybridized carbons (Fsp3) is 0.500. The zero-order valence-corrected chi connectivity index (χ0v) is 22.5. The quantitative estimate of drug-likeness (QED) is 0.294. The fourth-order valence-corrected chi connectivity index (χ4v) is 4.81. The predicted molar refractivity (Wildman–Crippen MR) is 144 cm³/mol. The maximum Gasteiger partial charge on any atom is 0.268 e. The number of aromatic nitrogens is 1. The number of benzene rings is 1. The van der Waals surface area contributed by atoms with Gasteiger partial charge in [0.15, 0.2) is 5.78 Å². The third-order valence-electron chi connectivity index (χ3n) is 6.66. The average molecular weight is 527 g/mol. The van der Waals surface area contributed by atoms with Crippen molar-refractivity contribution in [3.63, 3.8) is 0 Å². The number of ether oxygens (including phenoxy) is 1. The highest BCUT2D eigenvalue weighted by molar-refractivity contribution is 6.02. The van der Waals surface area contributed by atoms with Gasteiger partial charge in [0.05, 0.1) is 18.7 Å². The molecule has 2 aromatic rings. The largest absolute Gasteiger partial charge is 0.496 e. The van der Waals surface area contributed by atoms with Crippen molar-refractivity contribution in [2.24, 2.45) is 11.8 Å². The van der Waals surface area contributed by atoms with Crippen molar-refractivity contribution < 1.29 is 29.0 Å². The molecule has 0 unspecified atom stereocenters. The number of methoxy groups -OCH3 is 1. The highest BCUT2D eigenvalue weighted by Gasteiger charge is 2.33. The standard InChI is InChI=1S/C28H38N4O6/c1-16(2)11-21(27(36)30-20(24(34)15-33)12-18-9-10-29-26(18)35)31-28(37)23-13-19-22(32(23)14-17(3)4)7-6-8-25(19)38-5/h6-8,13,16,18,20-21,33H,3,9-12,14-15H2,1-2,4-5H3,(H,29,35)(H,30,36)(H,31,37)/t18-,20-,21+/m1/s1. The molecule has 3 rings (SSSR count). The third kappa shape index (κ3) is 6.80. The molecule has 1 saturated heterocycles. The zero-order chi connectivity index (χ0) is 28.0. The van der Waals surface area contributed by atoms with Crippen LogP contribution in [-0.2, 0) is 20.9 Å². The Bertz CT molecular complexity index is 1220. The lowest BCUT2D eigenvalue weighted by Crippen LogP contribution is -2.53. The summed E-state index contributed by atoms with van der Waals surface area (Å²) in [7, 11) is 1.56. The second kappa shape index (κ2) is 12.7. The Kier molecular flexibility index (Phi) is 9.68. The van der Waals surface area contributed by atoms with Crippen LogP contribution in [0, 0.1) is 11.8 Å². The van der Waals surface area contributed by atoms with Crippen molar-refractivity contribution in [3.05, 3.63) is 42.1 Å². The Morgan fingerprint density at radius 2 is 1.97 bits per heavy atom. The summed E-state index contributed by atoms with van der Waals surface area (Å²) >= 11 is 0. The number of nitrogens with zero attached hydrogens (tertiary/aromatic N) is 1. The molecule has 10 heteroatoms. The smallest absolute Gasteiger partial charge is 0.268 e. The number of hydrogen-bond donors (Lipinski definition) is 4. The first-order valence-electron chi connectivity index (χ1n) is 12.9. The van der Waals surface area contributed by atoms with Crippen molar-refractivity contribution in [3.8, 4) is 5.75 Å². The number of allylic oxidation sites excluding steroid dienone is 1. The van der Waals surface area contributed by atoms with E-state index in [1.54, 1.807) is 13.2 Å². The van der Waals surface area contributed by atoms with Crippen LogP contribution >= 0.6 is 0 Å². The van der Waals surface area contributed by atoms with Gasteiger partial charge in [-0.05, 0) is 50.3 Å². The maximum atomic E-state index is 13.6. The molecule has 0 radical (unpaired) electrons. The monoisotopic (exact) mass is 526 g/mol. The van der Waals surface area contributed by atoms with Crippen LogP contribution in [0.3, 0.4) is 0 Å². The Morgan fingerprint density at radius 3 is 2.55 bits per heavy atom. The number of carbonyl (C=O) groups is 4. The number of carbonyl (C=O) groups excluding carboxylic acids is 4. The normalized spacial score (nSPS) is 16.7. The van der Waals surface area contributed by atoms with Gasteiger partial charge in [-0.3, -0.25) is 19.2 Å². The molecule has 2 heterocycles. The summed E-state index contributed by atoms with van der Waals surface area (Å²) in [6, 6.07) is 5.30. The van der Waals surface area contributed by atoms with Gasteiger partial charge in [0.2, 0.25) is 11.8 Å². The summed E-state index contributed by atoms with van der Waals surface area (Å²) in [6.45, 7) is 9.85. The zero-order valence-electron chi connectivity index (χ0n) is 22.5. The summed E-state index contributed by atoms with van der Waals surface area (Å²) in [4.78, 5) is 51.4. The topological polar surface area (TPSA) is 139 Å². The molecule has 38 heavy (non-hydrogen) atoms. The minimum Gasteiger partial charge on any atom is -0.496 e. The van der Waals surface area contributed by atoms with Crippen molar-refractivity contribution >= 4 is 34.4 Å². The van der Waals surface area contributed by atoms with E-state index < -0.39 is 42.2 Å². The van der Waals surface area contributed by atoms with Gasteiger partial charge in [-0.15, -0.1) is 0 Å². The number of hydrogen-bond acceptors (Lipinski definition) is 6. The van der Waals surface area contributed by atoms with E-state index in [1.807, 2.05) is 43.5 Å². The molecule has 1 aromatic heterocycles. The molecule has 0 spiro atoms. The Labute approximate surface area is 222 Å². The van der Waals surface area contributed by atoms with Crippen molar-refractivity contribution in [1.82, 2.24) is 20.5 Å². The lowest BCUT2D eigenvalue weighted by molar-refractivity contribution is -0.131. The number of aliphatic hydroxyl groups excluding tert-OH is 1. The van der Waals surface area contributed by atoms with Crippen LogP contribution in [0.2, 0.25) is 0 Å². The van der Waals surface area contributed by atoms with Crippen LogP contribution in [0.15, 0.2) is 36.4 Å². The number of fused-ring (bicyclic) bond motifs is 1. The highest BCUT2D eigenvalue weighted by Crippen LogP contribution is 2.29. The van der Waals surface area contributed by atoms with Gasteiger partial charge in [0, 0.05) is 24.4 Å². The molecule has 0 bridgehead atoms. The maximum absolute atomic E-state index is 13.6. The van der Waals surface area contributed by atoms with E-state index in [0.717, 1.165) is 16.5 Å². The van der Waals surface area contributed by atoms with Gasteiger partial charge in [-0.25, -0.2) is 0 Å². The molecule has 1 aliphatic heterocycles. The van der Waals surface area contributed by atoms with Gasteiger partial charge >= 0.3 is 0 Å². The first kappa shape index (κ1) is 28.9. The van der Waals surface area contributed by atoms with Crippen molar-refractivity contribution in [1.29, 1.82) is 0 Å². The molecule has 10 nitrogen and oxygen atoms in total. The molecule has 1 fully saturated rings. The lowest BCUT2D eigenvalue weighted by Gasteiger charge is -2.25. The number of rotatable bonds is 13. The molecular formula is C28H38N4O6. The van der Waals surface area contributed by atoms with Crippen molar-refractivity contribution in [2.45, 2.75) is 58.7 Å². The van der Waals surface area contributed by atoms with Gasteiger partial charge in [0.25, 0.3) is 5.91 Å². The highest BCUT2D eigenvalue weighted by atomic mass is 16.5. The second-order valence-electron chi connectivity index (χ2n) is 10.3. The molecule has 3 atom stereocenters. The van der Waals surface area contributed by atoms with E-state index >= 15 is 0 Å². The molecule has 1 aliphatic rings. The van der Waals surface area contributed by atoms with Gasteiger partial charge in [-0.1, -0.05) is 32.1 Å². The van der Waals surface area contributed by atoms with Crippen LogP contribution in [0.1, 0.15) is 50.5 Å². The number of Topliss-reactive ketones (excluding diaryl/α,β-unsaturated/α-hetero) is 1. The van der Waals surface area contributed by atoms with E-state index in [9.17, 15) is 24.3 Å². The van der Waals surface area contributed by atoms with Gasteiger partial charge in [0.1, 0.15) is 24.1 Å². The number of amides is 3. The summed E-state index contributed by atoms with van der Waals surface area (Å²) in [5.41, 5.74) is 1.99. The average Bonchev–Trinajstić information content (AvgIpc) is 3.44. The second-order valence-corrected chi connectivity index (χ2v) is 10.3. The Balaban J connectivity index is 1.87. The Morgan fingerprint density at radius 1 is 1.24 bits per heavy atom. The molecule has 0 saturated carbocycles. The molecule has 206 valence electrons. The number of ketones is 1. The first-order valence-corrected chi connectivity index (χ1v) is 12.9. The first-order chi connectivity index (χ1) is 18.0. The number of nitrogens with one attached hydrogen (secondary N) is 3. The predicted octanol–water partition coefficient (Wildman–Crippen LogP) is 1.94. The van der Waals surface area contributed by atoms with Gasteiger partial charge < -0.3 is 30.4 Å². The van der Waals surface area contributed by atoms with Crippen LogP contribution < -0.4 is 20.7 Å². The molecule has 1 aromatic carbocycles. The minimum absolute atomic E-state index is 0.0556. The summed E-state index contributed by atoms with van der Waals surface area (Å²) in [5.74, 6) is -1.51. The van der Waals surface area contributed by atoms with E-state index in [-0.39, 0.29) is 18.2 Å².